The lowest BCUT2D eigenvalue weighted by molar-refractivity contribution is -0.0531. The fourth-order valence-electron chi connectivity index (χ4n) is 3.16. The zero-order valence-electron chi connectivity index (χ0n) is 16.2. The van der Waals surface area contributed by atoms with Gasteiger partial charge in [0, 0.05) is 4.90 Å². The molecule has 0 amide bonds. The van der Waals surface area contributed by atoms with Crippen LogP contribution < -0.4 is 10.9 Å². The molecule has 0 bridgehead atoms. The Morgan fingerprint density at radius 1 is 1.23 bits per heavy atom. The zero-order valence-corrected chi connectivity index (χ0v) is 17.8. The summed E-state index contributed by atoms with van der Waals surface area (Å²) in [5, 5.41) is 31.1. The fraction of sp³-hybridized carbons (Fsp3) is 0.353. The molecular formula is C17H20N6O6S2. The van der Waals surface area contributed by atoms with Crippen molar-refractivity contribution in [2.45, 2.75) is 41.4 Å². The maximum Gasteiger partial charge on any atom is 0.333 e. The van der Waals surface area contributed by atoms with Crippen LogP contribution in [0.3, 0.4) is 0 Å². The number of hydrogen-bond acceptors (Lipinski definition) is 11. The van der Waals surface area contributed by atoms with E-state index in [-0.39, 0.29) is 11.5 Å². The first-order chi connectivity index (χ1) is 14.6. The van der Waals surface area contributed by atoms with Crippen LogP contribution in [0.25, 0.3) is 11.0 Å². The highest BCUT2D eigenvalue weighted by molar-refractivity contribution is 7.99. The first-order valence-electron chi connectivity index (χ1n) is 9.06. The third-order valence-corrected chi connectivity index (χ3v) is 6.15. The van der Waals surface area contributed by atoms with Crippen LogP contribution in [-0.2, 0) is 19.2 Å². The molecule has 166 valence electrons. The lowest BCUT2D eigenvalue weighted by Crippen LogP contribution is -2.35. The van der Waals surface area contributed by atoms with Crippen LogP contribution in [0.5, 0.6) is 0 Å². The lowest BCUT2D eigenvalue weighted by Gasteiger charge is -2.15. The quantitative estimate of drug-likeness (QED) is 0.372. The summed E-state index contributed by atoms with van der Waals surface area (Å²) in [7, 11) is -4.24. The highest BCUT2D eigenvalue weighted by atomic mass is 32.2. The average Bonchev–Trinajstić information content (AvgIpc) is 3.20. The number of hydrogen-bond donors (Lipinski definition) is 4. The van der Waals surface area contributed by atoms with Gasteiger partial charge in [0.15, 0.2) is 11.9 Å². The summed E-state index contributed by atoms with van der Waals surface area (Å²) in [6, 6.07) is 7.77. The standard InChI is InChI=1S/C17H20N6O6S2/c1-8-2-4-9(5-3-8)30-16-11-14(18)20-7-21-15(11)23(22-16)17-13(25)12(24)10(29-17)6-28-31(19,26)27/h2-5,7,10,12-13,17,24-25H,6H2,1H3,(H2,18,20,21)(H2,19,26,27)/t10-,12-,13-,17-/m1/s1. The van der Waals surface area contributed by atoms with Gasteiger partial charge in [0.05, 0.1) is 12.0 Å². The number of ether oxygens (including phenoxy) is 1. The van der Waals surface area contributed by atoms with Gasteiger partial charge in [-0.15, -0.1) is 0 Å². The van der Waals surface area contributed by atoms with Crippen molar-refractivity contribution in [3.05, 3.63) is 36.2 Å². The molecule has 3 heterocycles. The van der Waals surface area contributed by atoms with E-state index in [9.17, 15) is 18.6 Å². The van der Waals surface area contributed by atoms with Crippen molar-refractivity contribution in [1.29, 1.82) is 0 Å². The molecule has 0 saturated carbocycles. The van der Waals surface area contributed by atoms with Crippen molar-refractivity contribution >= 4 is 38.9 Å². The Labute approximate surface area is 181 Å². The maximum absolute atomic E-state index is 11.0. The minimum atomic E-state index is -4.24. The minimum Gasteiger partial charge on any atom is -0.387 e. The van der Waals surface area contributed by atoms with E-state index in [0.29, 0.717) is 10.4 Å². The summed E-state index contributed by atoms with van der Waals surface area (Å²) < 4.78 is 33.5. The van der Waals surface area contributed by atoms with Crippen molar-refractivity contribution in [3.8, 4) is 0 Å². The third-order valence-electron chi connectivity index (χ3n) is 4.70. The number of aliphatic hydroxyl groups excluding tert-OH is 2. The van der Waals surface area contributed by atoms with Crippen LogP contribution in [0, 0.1) is 6.92 Å². The Bertz CT molecular complexity index is 1200. The Morgan fingerprint density at radius 2 is 1.94 bits per heavy atom. The number of nitrogens with two attached hydrogens (primary N) is 2. The zero-order chi connectivity index (χ0) is 22.3. The number of aromatic nitrogens is 4. The fourth-order valence-corrected chi connectivity index (χ4v) is 4.41. The van der Waals surface area contributed by atoms with E-state index in [2.05, 4.69) is 19.2 Å². The minimum absolute atomic E-state index is 0.188. The van der Waals surface area contributed by atoms with Gasteiger partial charge in [-0.2, -0.15) is 13.5 Å². The molecule has 31 heavy (non-hydrogen) atoms. The number of fused-ring (bicyclic) bond motifs is 1. The summed E-state index contributed by atoms with van der Waals surface area (Å²) >= 11 is 1.32. The molecule has 2 aromatic heterocycles. The molecule has 14 heteroatoms. The normalized spacial score (nSPS) is 24.1. The van der Waals surface area contributed by atoms with Crippen LogP contribution in [0.1, 0.15) is 11.8 Å². The molecule has 0 unspecified atom stereocenters. The molecule has 0 spiro atoms. The molecule has 0 aliphatic carbocycles. The van der Waals surface area contributed by atoms with E-state index < -0.39 is 41.5 Å². The van der Waals surface area contributed by atoms with Gasteiger partial charge in [0.2, 0.25) is 0 Å². The first-order valence-corrected chi connectivity index (χ1v) is 11.3. The van der Waals surface area contributed by atoms with Gasteiger partial charge in [0.1, 0.15) is 35.5 Å². The Kier molecular flexibility index (Phi) is 5.87. The second-order valence-electron chi connectivity index (χ2n) is 6.95. The van der Waals surface area contributed by atoms with Gasteiger partial charge in [-0.3, -0.25) is 4.18 Å². The SMILES string of the molecule is Cc1ccc(Sc2nn([C@@H]3O[C@H](COS(N)(=O)=O)[C@@H](O)[C@H]3O)c3ncnc(N)c23)cc1. The predicted molar refractivity (Wildman–Crippen MR) is 110 cm³/mol. The van der Waals surface area contributed by atoms with Crippen LogP contribution >= 0.6 is 11.8 Å². The molecule has 4 rings (SSSR count). The molecule has 1 saturated heterocycles. The summed E-state index contributed by atoms with van der Waals surface area (Å²) in [4.78, 5) is 9.12. The van der Waals surface area contributed by atoms with Gasteiger partial charge >= 0.3 is 10.3 Å². The smallest absolute Gasteiger partial charge is 0.333 e. The van der Waals surface area contributed by atoms with Crippen molar-refractivity contribution in [2.75, 3.05) is 12.3 Å². The van der Waals surface area contributed by atoms with Gasteiger partial charge in [-0.1, -0.05) is 29.5 Å². The van der Waals surface area contributed by atoms with Crippen molar-refractivity contribution in [2.24, 2.45) is 5.14 Å². The number of nitrogens with zero attached hydrogens (tertiary/aromatic N) is 4. The first kappa shape index (κ1) is 21.9. The molecule has 1 aromatic carbocycles. The van der Waals surface area contributed by atoms with Crippen LogP contribution in [0.15, 0.2) is 40.5 Å². The monoisotopic (exact) mass is 468 g/mol. The average molecular weight is 469 g/mol. The van der Waals surface area contributed by atoms with E-state index >= 15 is 0 Å². The molecule has 3 aromatic rings. The van der Waals surface area contributed by atoms with E-state index in [1.165, 1.54) is 22.8 Å². The van der Waals surface area contributed by atoms with E-state index in [0.717, 1.165) is 10.5 Å². The van der Waals surface area contributed by atoms with Crippen molar-refractivity contribution in [1.82, 2.24) is 19.7 Å². The highest BCUT2D eigenvalue weighted by Crippen LogP contribution is 2.38. The van der Waals surface area contributed by atoms with E-state index in [1.54, 1.807) is 0 Å². The Morgan fingerprint density at radius 3 is 2.61 bits per heavy atom. The lowest BCUT2D eigenvalue weighted by atomic mass is 10.1. The predicted octanol–water partition coefficient (Wildman–Crippen LogP) is -0.293. The van der Waals surface area contributed by atoms with Gasteiger partial charge in [0.25, 0.3) is 0 Å². The summed E-state index contributed by atoms with van der Waals surface area (Å²) in [6.07, 6.45) is -3.97. The van der Waals surface area contributed by atoms with E-state index in [4.69, 9.17) is 15.6 Å². The molecular weight excluding hydrogens is 448 g/mol. The Hall–Kier alpha value is -2.33. The number of anilines is 1. The number of aliphatic hydroxyl groups is 2. The third kappa shape index (κ3) is 4.50. The molecule has 12 nitrogen and oxygen atoms in total. The number of nitrogen functional groups attached to an aromatic ring is 1. The van der Waals surface area contributed by atoms with Crippen LogP contribution in [-0.4, -0.2) is 63.3 Å². The summed E-state index contributed by atoms with van der Waals surface area (Å²) in [5.74, 6) is 0.188. The van der Waals surface area contributed by atoms with Crippen LogP contribution in [0.4, 0.5) is 5.82 Å². The van der Waals surface area contributed by atoms with Crippen molar-refractivity contribution < 1.29 is 27.6 Å². The summed E-state index contributed by atoms with van der Waals surface area (Å²) in [6.45, 7) is 1.40. The number of rotatable bonds is 6. The Balaban J connectivity index is 1.69. The summed E-state index contributed by atoms with van der Waals surface area (Å²) in [5.41, 5.74) is 7.45. The molecule has 6 N–H and O–H groups in total. The molecule has 4 atom stereocenters. The molecule has 0 radical (unpaired) electrons. The molecule has 1 aliphatic rings. The number of benzene rings is 1. The molecule has 1 fully saturated rings. The van der Waals surface area contributed by atoms with Gasteiger partial charge < -0.3 is 20.7 Å². The largest absolute Gasteiger partial charge is 0.387 e. The highest BCUT2D eigenvalue weighted by Gasteiger charge is 2.45. The van der Waals surface area contributed by atoms with Gasteiger partial charge in [-0.05, 0) is 19.1 Å². The molecule has 1 aliphatic heterocycles. The van der Waals surface area contributed by atoms with Crippen molar-refractivity contribution in [3.63, 3.8) is 0 Å². The topological polar surface area (TPSA) is 189 Å². The maximum atomic E-state index is 11.0. The number of aryl methyl sites for hydroxylation is 1. The second-order valence-corrected chi connectivity index (χ2v) is 9.23. The van der Waals surface area contributed by atoms with E-state index in [1.807, 2.05) is 31.2 Å². The van der Waals surface area contributed by atoms with Crippen LogP contribution in [0.2, 0.25) is 0 Å². The van der Waals surface area contributed by atoms with Gasteiger partial charge in [-0.25, -0.2) is 19.8 Å². The second kappa shape index (κ2) is 8.31.